The van der Waals surface area contributed by atoms with E-state index in [0.717, 1.165) is 15.4 Å². The molecular weight excluding hydrogens is 665 g/mol. The van der Waals surface area contributed by atoms with E-state index in [4.69, 9.17) is 34.8 Å². The third kappa shape index (κ3) is 9.04. The van der Waals surface area contributed by atoms with Crippen LogP contribution in [-0.2, 0) is 32.6 Å². The fraction of sp³-hybridized carbons (Fsp3) is 0.257. The maximum atomic E-state index is 14.5. The molecule has 0 saturated heterocycles. The minimum absolute atomic E-state index is 0.0113. The summed E-state index contributed by atoms with van der Waals surface area (Å²) in [6.07, 6.45) is 0.875. The van der Waals surface area contributed by atoms with Gasteiger partial charge in [0, 0.05) is 24.0 Å². The second-order valence-electron chi connectivity index (χ2n) is 11.1. The molecule has 0 unspecified atom stereocenters. The average molecular weight is 701 g/mol. The SMILES string of the molecule is CC[C@@H](C)NC(=O)[C@H](Cc1ccccc1)N(Cc1ccc(Cl)c(Cl)c1)C(=O)CN(c1cccc(Cl)c1)S(=O)(=O)c1ccc(C)cc1. The molecule has 1 N–H and O–H groups in total. The minimum atomic E-state index is -4.24. The maximum Gasteiger partial charge on any atom is 0.264 e. The predicted octanol–water partition coefficient (Wildman–Crippen LogP) is 7.71. The molecule has 0 heterocycles. The summed E-state index contributed by atoms with van der Waals surface area (Å²) >= 11 is 18.8. The van der Waals surface area contributed by atoms with Crippen molar-refractivity contribution in [3.05, 3.63) is 129 Å². The molecule has 7 nitrogen and oxygen atoms in total. The zero-order valence-electron chi connectivity index (χ0n) is 25.8. The van der Waals surface area contributed by atoms with Crippen LogP contribution >= 0.6 is 34.8 Å². The van der Waals surface area contributed by atoms with Crippen molar-refractivity contribution in [3.8, 4) is 0 Å². The lowest BCUT2D eigenvalue weighted by molar-refractivity contribution is -0.140. The molecule has 11 heteroatoms. The van der Waals surface area contributed by atoms with E-state index in [1.54, 1.807) is 48.5 Å². The number of benzene rings is 4. The molecule has 0 aliphatic heterocycles. The Morgan fingerprint density at radius 1 is 0.826 bits per heavy atom. The van der Waals surface area contributed by atoms with Crippen molar-refractivity contribution < 1.29 is 18.0 Å². The number of carbonyl (C=O) groups is 2. The van der Waals surface area contributed by atoms with Gasteiger partial charge in [-0.1, -0.05) is 102 Å². The van der Waals surface area contributed by atoms with Crippen LogP contribution in [0.15, 0.2) is 102 Å². The number of nitrogens with zero attached hydrogens (tertiary/aromatic N) is 2. The zero-order chi connectivity index (χ0) is 33.4. The van der Waals surface area contributed by atoms with Gasteiger partial charge < -0.3 is 10.2 Å². The van der Waals surface area contributed by atoms with Gasteiger partial charge >= 0.3 is 0 Å². The van der Waals surface area contributed by atoms with Gasteiger partial charge in [0.25, 0.3) is 10.0 Å². The van der Waals surface area contributed by atoms with Crippen LogP contribution in [-0.4, -0.2) is 43.8 Å². The van der Waals surface area contributed by atoms with E-state index < -0.39 is 28.5 Å². The second kappa shape index (κ2) is 15.8. The van der Waals surface area contributed by atoms with Crippen LogP contribution in [0, 0.1) is 6.92 Å². The lowest BCUT2D eigenvalue weighted by Crippen LogP contribution is -2.54. The monoisotopic (exact) mass is 699 g/mol. The number of nitrogens with one attached hydrogen (secondary N) is 1. The first-order valence-corrected chi connectivity index (χ1v) is 17.4. The molecule has 0 aliphatic carbocycles. The summed E-state index contributed by atoms with van der Waals surface area (Å²) < 4.78 is 29.3. The molecule has 0 saturated carbocycles. The Balaban J connectivity index is 1.82. The molecule has 2 amide bonds. The van der Waals surface area contributed by atoms with Crippen LogP contribution in [0.2, 0.25) is 15.1 Å². The number of carbonyl (C=O) groups excluding carboxylic acids is 2. The summed E-state index contributed by atoms with van der Waals surface area (Å²) in [5, 5.41) is 3.95. The van der Waals surface area contributed by atoms with Gasteiger partial charge in [0.05, 0.1) is 20.6 Å². The summed E-state index contributed by atoms with van der Waals surface area (Å²) in [7, 11) is -4.24. The maximum absolute atomic E-state index is 14.5. The molecule has 4 aromatic rings. The summed E-state index contributed by atoms with van der Waals surface area (Å²) in [5.74, 6) is -0.954. The Morgan fingerprint density at radius 3 is 2.15 bits per heavy atom. The molecule has 46 heavy (non-hydrogen) atoms. The third-order valence-corrected chi connectivity index (χ3v) is 10.4. The number of hydrogen-bond acceptors (Lipinski definition) is 4. The molecule has 0 spiro atoms. The number of aryl methyl sites for hydroxylation is 1. The first kappa shape index (κ1) is 35.3. The predicted molar refractivity (Wildman–Crippen MR) is 186 cm³/mol. The number of rotatable bonds is 13. The van der Waals surface area contributed by atoms with Crippen LogP contribution in [0.5, 0.6) is 0 Å². The molecule has 0 radical (unpaired) electrons. The van der Waals surface area contributed by atoms with Crippen molar-refractivity contribution in [1.82, 2.24) is 10.2 Å². The van der Waals surface area contributed by atoms with Crippen molar-refractivity contribution in [2.75, 3.05) is 10.8 Å². The van der Waals surface area contributed by atoms with E-state index in [1.807, 2.05) is 51.1 Å². The molecular formula is C35H36Cl3N3O4S. The smallest absolute Gasteiger partial charge is 0.264 e. The fourth-order valence-electron chi connectivity index (χ4n) is 4.83. The molecule has 4 aromatic carbocycles. The third-order valence-electron chi connectivity index (χ3n) is 7.59. The van der Waals surface area contributed by atoms with Gasteiger partial charge in [-0.25, -0.2) is 8.42 Å². The largest absolute Gasteiger partial charge is 0.352 e. The number of hydrogen-bond donors (Lipinski definition) is 1. The number of amides is 2. The highest BCUT2D eigenvalue weighted by Crippen LogP contribution is 2.28. The normalized spacial score (nSPS) is 12.7. The number of sulfonamides is 1. The fourth-order valence-corrected chi connectivity index (χ4v) is 6.74. The van der Waals surface area contributed by atoms with Crippen LogP contribution in [0.4, 0.5) is 5.69 Å². The van der Waals surface area contributed by atoms with Gasteiger partial charge in [-0.05, 0) is 73.9 Å². The molecule has 0 fully saturated rings. The van der Waals surface area contributed by atoms with Crippen molar-refractivity contribution in [1.29, 1.82) is 0 Å². The molecule has 2 atom stereocenters. The highest BCUT2D eigenvalue weighted by Gasteiger charge is 2.35. The van der Waals surface area contributed by atoms with Crippen LogP contribution < -0.4 is 9.62 Å². The Hall–Kier alpha value is -3.56. The van der Waals surface area contributed by atoms with Crippen LogP contribution in [0.3, 0.4) is 0 Å². The number of halogens is 3. The molecule has 0 bridgehead atoms. The topological polar surface area (TPSA) is 86.8 Å². The van der Waals surface area contributed by atoms with Crippen molar-refractivity contribution in [2.45, 2.75) is 57.1 Å². The summed E-state index contributed by atoms with van der Waals surface area (Å²) in [6.45, 7) is 5.06. The first-order chi connectivity index (χ1) is 21.9. The van der Waals surface area contributed by atoms with Gasteiger partial charge in [0.15, 0.2) is 0 Å². The van der Waals surface area contributed by atoms with E-state index >= 15 is 0 Å². The zero-order valence-corrected chi connectivity index (χ0v) is 28.9. The summed E-state index contributed by atoms with van der Waals surface area (Å²) in [5.41, 5.74) is 2.54. The van der Waals surface area contributed by atoms with E-state index in [0.29, 0.717) is 22.0 Å². The Morgan fingerprint density at radius 2 is 1.52 bits per heavy atom. The van der Waals surface area contributed by atoms with Crippen LogP contribution in [0.1, 0.15) is 37.0 Å². The van der Waals surface area contributed by atoms with E-state index in [9.17, 15) is 18.0 Å². The Labute approximate surface area is 286 Å². The second-order valence-corrected chi connectivity index (χ2v) is 14.2. The highest BCUT2D eigenvalue weighted by atomic mass is 35.5. The minimum Gasteiger partial charge on any atom is -0.352 e. The molecule has 4 rings (SSSR count). The van der Waals surface area contributed by atoms with Gasteiger partial charge in [0.2, 0.25) is 11.8 Å². The average Bonchev–Trinajstić information content (AvgIpc) is 3.03. The Bertz CT molecular complexity index is 1770. The molecule has 0 aliphatic rings. The molecule has 242 valence electrons. The standard InChI is InChI=1S/C35H36Cl3N3O4S/c1-4-25(3)39-35(43)33(20-26-9-6-5-7-10-26)40(22-27-15-18-31(37)32(38)19-27)34(42)23-41(29-12-8-11-28(36)21-29)46(44,45)30-16-13-24(2)14-17-30/h5-19,21,25,33H,4,20,22-23H2,1-3H3,(H,39,43)/t25-,33+/m1/s1. The first-order valence-electron chi connectivity index (χ1n) is 14.8. The van der Waals surface area contributed by atoms with Gasteiger partial charge in [-0.15, -0.1) is 0 Å². The summed E-state index contributed by atoms with van der Waals surface area (Å²) in [6, 6.07) is 25.9. The van der Waals surface area contributed by atoms with E-state index in [-0.39, 0.29) is 40.5 Å². The van der Waals surface area contributed by atoms with Gasteiger partial charge in [-0.3, -0.25) is 13.9 Å². The van der Waals surface area contributed by atoms with Crippen molar-refractivity contribution in [3.63, 3.8) is 0 Å². The highest BCUT2D eigenvalue weighted by molar-refractivity contribution is 7.92. The van der Waals surface area contributed by atoms with Crippen LogP contribution in [0.25, 0.3) is 0 Å². The van der Waals surface area contributed by atoms with Crippen molar-refractivity contribution in [2.24, 2.45) is 0 Å². The summed E-state index contributed by atoms with van der Waals surface area (Å²) in [4.78, 5) is 29.9. The van der Waals surface area contributed by atoms with Gasteiger partial charge in [-0.2, -0.15) is 0 Å². The van der Waals surface area contributed by atoms with Crippen molar-refractivity contribution >= 4 is 62.3 Å². The Kier molecular flexibility index (Phi) is 12.1. The number of anilines is 1. The van der Waals surface area contributed by atoms with E-state index in [2.05, 4.69) is 5.32 Å². The van der Waals surface area contributed by atoms with Gasteiger partial charge in [0.1, 0.15) is 12.6 Å². The quantitative estimate of drug-likeness (QED) is 0.155. The van der Waals surface area contributed by atoms with E-state index in [1.165, 1.54) is 23.1 Å². The lowest BCUT2D eigenvalue weighted by Gasteiger charge is -2.34. The molecule has 0 aromatic heterocycles. The lowest BCUT2D eigenvalue weighted by atomic mass is 10.0.